The Morgan fingerprint density at radius 1 is 1.20 bits per heavy atom. The largest absolute Gasteiger partial charge is 0.480 e. The SMILES string of the molecule is CC(C)(C)N(CC(=O)O)C(=O)NCCC1CCCCC1. The summed E-state index contributed by atoms with van der Waals surface area (Å²) in [5.74, 6) is -0.269. The predicted molar refractivity (Wildman–Crippen MR) is 78.7 cm³/mol. The molecule has 0 radical (unpaired) electrons. The van der Waals surface area contributed by atoms with Crippen molar-refractivity contribution < 1.29 is 14.7 Å². The van der Waals surface area contributed by atoms with Gasteiger partial charge in [-0.3, -0.25) is 4.79 Å². The molecule has 20 heavy (non-hydrogen) atoms. The van der Waals surface area contributed by atoms with Gasteiger partial charge in [-0.05, 0) is 33.1 Å². The van der Waals surface area contributed by atoms with E-state index < -0.39 is 11.5 Å². The van der Waals surface area contributed by atoms with Crippen LogP contribution in [0.1, 0.15) is 59.3 Å². The second-order valence-electron chi connectivity index (χ2n) is 6.68. The van der Waals surface area contributed by atoms with E-state index in [1.807, 2.05) is 20.8 Å². The van der Waals surface area contributed by atoms with Crippen LogP contribution < -0.4 is 5.32 Å². The summed E-state index contributed by atoms with van der Waals surface area (Å²) in [6.07, 6.45) is 7.44. The Labute approximate surface area is 121 Å². The van der Waals surface area contributed by atoms with Gasteiger partial charge in [0.2, 0.25) is 0 Å². The number of nitrogens with one attached hydrogen (secondary N) is 1. The number of hydrogen-bond donors (Lipinski definition) is 2. The molecular formula is C15H28N2O3. The van der Waals surface area contributed by atoms with Crippen LogP contribution in [0.15, 0.2) is 0 Å². The molecule has 116 valence electrons. The maximum Gasteiger partial charge on any atom is 0.323 e. The number of hydrogen-bond acceptors (Lipinski definition) is 2. The minimum absolute atomic E-state index is 0.265. The molecule has 1 aliphatic carbocycles. The highest BCUT2D eigenvalue weighted by Crippen LogP contribution is 2.25. The topological polar surface area (TPSA) is 69.6 Å². The van der Waals surface area contributed by atoms with Gasteiger partial charge in [-0.1, -0.05) is 32.1 Å². The van der Waals surface area contributed by atoms with Gasteiger partial charge < -0.3 is 15.3 Å². The van der Waals surface area contributed by atoms with Crippen molar-refractivity contribution in [2.45, 2.75) is 64.8 Å². The van der Waals surface area contributed by atoms with Crippen molar-refractivity contribution in [3.05, 3.63) is 0 Å². The fraction of sp³-hybridized carbons (Fsp3) is 0.867. The maximum absolute atomic E-state index is 12.1. The van der Waals surface area contributed by atoms with Crippen LogP contribution in [0.4, 0.5) is 4.79 Å². The molecule has 0 bridgehead atoms. The zero-order valence-electron chi connectivity index (χ0n) is 12.9. The van der Waals surface area contributed by atoms with Gasteiger partial charge in [-0.2, -0.15) is 0 Å². The number of carbonyl (C=O) groups is 2. The molecule has 5 nitrogen and oxygen atoms in total. The summed E-state index contributed by atoms with van der Waals surface area (Å²) in [5.41, 5.74) is -0.493. The Kier molecular flexibility index (Phi) is 6.30. The number of amides is 2. The highest BCUT2D eigenvalue weighted by molar-refractivity contribution is 5.80. The van der Waals surface area contributed by atoms with Gasteiger partial charge in [0.15, 0.2) is 0 Å². The molecule has 5 heteroatoms. The minimum atomic E-state index is -0.984. The first-order chi connectivity index (χ1) is 9.30. The first-order valence-corrected chi connectivity index (χ1v) is 7.58. The molecule has 0 aromatic carbocycles. The van der Waals surface area contributed by atoms with Crippen molar-refractivity contribution >= 4 is 12.0 Å². The number of carboxylic acid groups (broad SMARTS) is 1. The first-order valence-electron chi connectivity index (χ1n) is 7.58. The number of rotatable bonds is 5. The van der Waals surface area contributed by atoms with E-state index in [2.05, 4.69) is 5.32 Å². The third-order valence-electron chi connectivity index (χ3n) is 3.90. The molecule has 0 heterocycles. The minimum Gasteiger partial charge on any atom is -0.480 e. The smallest absolute Gasteiger partial charge is 0.323 e. The lowest BCUT2D eigenvalue weighted by atomic mass is 9.87. The average Bonchev–Trinajstić information content (AvgIpc) is 2.35. The van der Waals surface area contributed by atoms with Crippen LogP contribution in [0, 0.1) is 5.92 Å². The normalized spacial score (nSPS) is 16.8. The molecule has 0 atom stereocenters. The third-order valence-corrected chi connectivity index (χ3v) is 3.90. The Hall–Kier alpha value is -1.26. The summed E-state index contributed by atoms with van der Waals surface area (Å²) in [6.45, 7) is 5.90. The van der Waals surface area contributed by atoms with Gasteiger partial charge in [0.05, 0.1) is 0 Å². The van der Waals surface area contributed by atoms with Crippen LogP contribution in [0.2, 0.25) is 0 Å². The number of aliphatic carboxylic acids is 1. The zero-order chi connectivity index (χ0) is 15.2. The summed E-state index contributed by atoms with van der Waals surface area (Å²) >= 11 is 0. The fourth-order valence-corrected chi connectivity index (χ4v) is 2.70. The molecule has 0 aliphatic heterocycles. The van der Waals surface area contributed by atoms with E-state index >= 15 is 0 Å². The lowest BCUT2D eigenvalue weighted by molar-refractivity contribution is -0.138. The zero-order valence-corrected chi connectivity index (χ0v) is 12.9. The Bertz CT molecular complexity index is 331. The monoisotopic (exact) mass is 284 g/mol. The third kappa shape index (κ3) is 5.80. The standard InChI is InChI=1S/C15H28N2O3/c1-15(2,3)17(11-13(18)19)14(20)16-10-9-12-7-5-4-6-8-12/h12H,4-11H2,1-3H3,(H,16,20)(H,18,19). The summed E-state index contributed by atoms with van der Waals surface area (Å²) in [5, 5.41) is 11.8. The van der Waals surface area contributed by atoms with Gasteiger partial charge in [-0.25, -0.2) is 4.79 Å². The van der Waals surface area contributed by atoms with Crippen LogP contribution >= 0.6 is 0 Å². The van der Waals surface area contributed by atoms with Crippen LogP contribution in [0.25, 0.3) is 0 Å². The van der Waals surface area contributed by atoms with E-state index in [4.69, 9.17) is 5.11 Å². The highest BCUT2D eigenvalue weighted by Gasteiger charge is 2.28. The maximum atomic E-state index is 12.1. The summed E-state index contributed by atoms with van der Waals surface area (Å²) < 4.78 is 0. The second kappa shape index (κ2) is 7.50. The van der Waals surface area contributed by atoms with E-state index in [0.29, 0.717) is 12.5 Å². The van der Waals surface area contributed by atoms with Crippen LogP contribution in [-0.2, 0) is 4.79 Å². The summed E-state index contributed by atoms with van der Waals surface area (Å²) in [6, 6.07) is -0.282. The summed E-state index contributed by atoms with van der Waals surface area (Å²) in [4.78, 5) is 24.4. The van der Waals surface area contributed by atoms with E-state index in [1.54, 1.807) is 0 Å². The van der Waals surface area contributed by atoms with Crippen LogP contribution in [-0.4, -0.2) is 40.6 Å². The fourth-order valence-electron chi connectivity index (χ4n) is 2.70. The van der Waals surface area contributed by atoms with Crippen LogP contribution in [0.3, 0.4) is 0 Å². The van der Waals surface area contributed by atoms with E-state index in [9.17, 15) is 9.59 Å². The highest BCUT2D eigenvalue weighted by atomic mass is 16.4. The average molecular weight is 284 g/mol. The Balaban J connectivity index is 2.39. The predicted octanol–water partition coefficient (Wildman–Crippen LogP) is 2.85. The van der Waals surface area contributed by atoms with Gasteiger partial charge >= 0.3 is 12.0 Å². The molecule has 0 unspecified atom stereocenters. The van der Waals surface area contributed by atoms with Crippen molar-refractivity contribution in [3.8, 4) is 0 Å². The van der Waals surface area contributed by atoms with Gasteiger partial charge in [0.25, 0.3) is 0 Å². The van der Waals surface area contributed by atoms with E-state index in [1.165, 1.54) is 37.0 Å². The lowest BCUT2D eigenvalue weighted by Gasteiger charge is -2.34. The van der Waals surface area contributed by atoms with Crippen LogP contribution in [0.5, 0.6) is 0 Å². The van der Waals surface area contributed by atoms with Gasteiger partial charge in [0.1, 0.15) is 6.54 Å². The van der Waals surface area contributed by atoms with E-state index in [0.717, 1.165) is 6.42 Å². The van der Waals surface area contributed by atoms with Crippen molar-refractivity contribution in [1.29, 1.82) is 0 Å². The quantitative estimate of drug-likeness (QED) is 0.815. The Morgan fingerprint density at radius 3 is 2.30 bits per heavy atom. The molecule has 2 amide bonds. The first kappa shape index (κ1) is 16.8. The number of carbonyl (C=O) groups excluding carboxylic acids is 1. The molecular weight excluding hydrogens is 256 g/mol. The van der Waals surface area contributed by atoms with Crippen molar-refractivity contribution in [3.63, 3.8) is 0 Å². The number of carboxylic acids is 1. The second-order valence-corrected chi connectivity index (χ2v) is 6.68. The van der Waals surface area contributed by atoms with Gasteiger partial charge in [0, 0.05) is 12.1 Å². The molecule has 0 spiro atoms. The number of nitrogens with zero attached hydrogens (tertiary/aromatic N) is 1. The molecule has 1 saturated carbocycles. The summed E-state index contributed by atoms with van der Waals surface area (Å²) in [7, 11) is 0. The molecule has 1 aliphatic rings. The van der Waals surface area contributed by atoms with Crippen molar-refractivity contribution in [2.24, 2.45) is 5.92 Å². The van der Waals surface area contributed by atoms with E-state index in [-0.39, 0.29) is 12.6 Å². The molecule has 0 saturated heterocycles. The molecule has 1 rings (SSSR count). The van der Waals surface area contributed by atoms with Crippen molar-refractivity contribution in [1.82, 2.24) is 10.2 Å². The molecule has 0 aromatic heterocycles. The Morgan fingerprint density at radius 2 is 1.80 bits per heavy atom. The van der Waals surface area contributed by atoms with Crippen molar-refractivity contribution in [2.75, 3.05) is 13.1 Å². The number of urea groups is 1. The molecule has 0 aromatic rings. The molecule has 1 fully saturated rings. The molecule has 2 N–H and O–H groups in total. The lowest BCUT2D eigenvalue weighted by Crippen LogP contribution is -2.52. The van der Waals surface area contributed by atoms with Gasteiger partial charge in [-0.15, -0.1) is 0 Å².